The van der Waals surface area contributed by atoms with Gasteiger partial charge in [-0.05, 0) is 84.9 Å². The van der Waals surface area contributed by atoms with E-state index in [2.05, 4.69) is 41.5 Å². The number of alkyl halides is 3. The topological polar surface area (TPSA) is 129 Å². The van der Waals surface area contributed by atoms with Gasteiger partial charge in [0, 0.05) is 11.3 Å². The number of hydroxylamine groups is 1. The van der Waals surface area contributed by atoms with Crippen LogP contribution in [0.2, 0.25) is 0 Å². The van der Waals surface area contributed by atoms with Crippen molar-refractivity contribution in [3.63, 3.8) is 0 Å². The summed E-state index contributed by atoms with van der Waals surface area (Å²) in [6.07, 6.45) is -1.04. The molecular weight excluding hydrogens is 529 g/mol. The van der Waals surface area contributed by atoms with Crippen LogP contribution in [0.25, 0.3) is 0 Å². The highest BCUT2D eigenvalue weighted by Gasteiger charge is 2.34. The highest BCUT2D eigenvalue weighted by atomic mass is 19.4. The minimum absolute atomic E-state index is 0.125. The van der Waals surface area contributed by atoms with Gasteiger partial charge in [-0.1, -0.05) is 32.9 Å². The molecule has 12 heteroatoms. The van der Waals surface area contributed by atoms with Crippen molar-refractivity contribution < 1.29 is 37.5 Å². The molecule has 0 bridgehead atoms. The Labute approximate surface area is 230 Å². The van der Waals surface area contributed by atoms with Crippen molar-refractivity contribution >= 4 is 23.5 Å². The van der Waals surface area contributed by atoms with Gasteiger partial charge in [0.1, 0.15) is 5.75 Å². The number of halogens is 3. The van der Waals surface area contributed by atoms with Gasteiger partial charge < -0.3 is 20.7 Å². The van der Waals surface area contributed by atoms with Gasteiger partial charge in [0.2, 0.25) is 0 Å². The maximum Gasteiger partial charge on any atom is 0.573 e. The normalized spacial score (nSPS) is 18.3. The summed E-state index contributed by atoms with van der Waals surface area (Å²) in [6, 6.07) is 10.6. The first-order chi connectivity index (χ1) is 18.7. The Hall–Kier alpha value is -3.80. The largest absolute Gasteiger partial charge is 0.573 e. The van der Waals surface area contributed by atoms with Gasteiger partial charge >= 0.3 is 12.4 Å². The van der Waals surface area contributed by atoms with Crippen LogP contribution in [0, 0.1) is 17.3 Å². The number of rotatable bonds is 8. The van der Waals surface area contributed by atoms with Crippen molar-refractivity contribution in [2.45, 2.75) is 58.9 Å². The van der Waals surface area contributed by atoms with Crippen LogP contribution in [-0.4, -0.2) is 36.0 Å². The zero-order chi connectivity index (χ0) is 29.5. The molecule has 1 fully saturated rings. The van der Waals surface area contributed by atoms with Gasteiger partial charge in [0.15, 0.2) is 0 Å². The Balaban J connectivity index is 1.73. The maximum atomic E-state index is 13.0. The number of amides is 4. The Morgan fingerprint density at radius 2 is 1.55 bits per heavy atom. The third-order valence-electron chi connectivity index (χ3n) is 7.17. The van der Waals surface area contributed by atoms with E-state index < -0.39 is 30.0 Å². The Morgan fingerprint density at radius 1 is 0.950 bits per heavy atom. The number of benzene rings is 2. The summed E-state index contributed by atoms with van der Waals surface area (Å²) in [5.41, 5.74) is 3.00. The van der Waals surface area contributed by atoms with Crippen molar-refractivity contribution in [2.24, 2.45) is 17.3 Å². The average Bonchev–Trinajstić information content (AvgIpc) is 2.90. The van der Waals surface area contributed by atoms with Gasteiger partial charge in [-0.25, -0.2) is 10.3 Å². The van der Waals surface area contributed by atoms with Crippen LogP contribution in [0.1, 0.15) is 68.4 Å². The number of carbonyl (C=O) groups excluding carboxylic acids is 3. The molecule has 218 valence electrons. The third-order valence-corrected chi connectivity index (χ3v) is 7.17. The third kappa shape index (κ3) is 9.15. The maximum absolute atomic E-state index is 13.0. The van der Waals surface area contributed by atoms with Gasteiger partial charge in [-0.2, -0.15) is 0 Å². The highest BCUT2D eigenvalue weighted by molar-refractivity contribution is 5.96. The van der Waals surface area contributed by atoms with Crippen LogP contribution in [0.5, 0.6) is 5.75 Å². The van der Waals surface area contributed by atoms with E-state index in [1.165, 1.54) is 17.6 Å². The SMILES string of the molecule is CC(C)(C)[C@H]1CC[C@H](C(NC(=O)Nc2ccc(OC(F)(F)F)cc2)c2ccc(C(=O)NCC(=O)NO)cc2)CC1. The van der Waals surface area contributed by atoms with E-state index in [4.69, 9.17) is 5.21 Å². The smallest absolute Gasteiger partial charge is 0.406 e. The van der Waals surface area contributed by atoms with E-state index in [9.17, 15) is 27.6 Å². The van der Waals surface area contributed by atoms with Crippen LogP contribution in [0.15, 0.2) is 48.5 Å². The Bertz CT molecular complexity index is 1160. The minimum atomic E-state index is -4.81. The van der Waals surface area contributed by atoms with Crippen molar-refractivity contribution in [1.29, 1.82) is 0 Å². The molecule has 4 amide bonds. The predicted molar refractivity (Wildman–Crippen MR) is 142 cm³/mol. The second kappa shape index (κ2) is 13.0. The van der Waals surface area contributed by atoms with E-state index in [0.717, 1.165) is 43.4 Å². The second-order valence-corrected chi connectivity index (χ2v) is 11.0. The molecule has 2 aromatic carbocycles. The quantitative estimate of drug-likeness (QED) is 0.213. The van der Waals surface area contributed by atoms with E-state index >= 15 is 0 Å². The highest BCUT2D eigenvalue weighted by Crippen LogP contribution is 2.43. The molecule has 5 N–H and O–H groups in total. The lowest BCUT2D eigenvalue weighted by Gasteiger charge is -2.39. The first-order valence-corrected chi connectivity index (χ1v) is 13.0. The first-order valence-electron chi connectivity index (χ1n) is 13.0. The molecule has 0 radical (unpaired) electrons. The van der Waals surface area contributed by atoms with Crippen LogP contribution < -0.4 is 26.2 Å². The molecule has 0 heterocycles. The number of ether oxygens (including phenoxy) is 1. The van der Waals surface area contributed by atoms with E-state index in [0.29, 0.717) is 17.2 Å². The number of urea groups is 1. The molecule has 0 aromatic heterocycles. The van der Waals surface area contributed by atoms with Crippen LogP contribution in [0.3, 0.4) is 0 Å². The molecule has 1 aliphatic carbocycles. The summed E-state index contributed by atoms with van der Waals surface area (Å²) in [4.78, 5) is 36.5. The number of hydrogen-bond acceptors (Lipinski definition) is 5. The van der Waals surface area contributed by atoms with Gasteiger partial charge in [0.25, 0.3) is 11.8 Å². The summed E-state index contributed by atoms with van der Waals surface area (Å²) in [6.45, 7) is 6.28. The average molecular weight is 565 g/mol. The summed E-state index contributed by atoms with van der Waals surface area (Å²) in [5.74, 6) is -0.972. The lowest BCUT2D eigenvalue weighted by molar-refractivity contribution is -0.274. The molecule has 0 aliphatic heterocycles. The lowest BCUT2D eigenvalue weighted by Crippen LogP contribution is -2.38. The fraction of sp³-hybridized carbons (Fsp3) is 0.464. The molecule has 1 saturated carbocycles. The van der Waals surface area contributed by atoms with Crippen molar-refractivity contribution in [1.82, 2.24) is 16.1 Å². The zero-order valence-electron chi connectivity index (χ0n) is 22.6. The summed E-state index contributed by atoms with van der Waals surface area (Å²) >= 11 is 0. The molecule has 9 nitrogen and oxygen atoms in total. The lowest BCUT2D eigenvalue weighted by atomic mass is 9.68. The molecular formula is C28H35F3N4O5. The van der Waals surface area contributed by atoms with Gasteiger partial charge in [-0.15, -0.1) is 13.2 Å². The second-order valence-electron chi connectivity index (χ2n) is 11.0. The van der Waals surface area contributed by atoms with Crippen molar-refractivity contribution in [3.05, 3.63) is 59.7 Å². The summed E-state index contributed by atoms with van der Waals surface area (Å²) in [7, 11) is 0. The molecule has 1 atom stereocenters. The number of carbonyl (C=O) groups is 3. The first kappa shape index (κ1) is 30.7. The van der Waals surface area contributed by atoms with E-state index in [1.54, 1.807) is 24.3 Å². The molecule has 3 rings (SSSR count). The van der Waals surface area contributed by atoms with Crippen LogP contribution in [-0.2, 0) is 4.79 Å². The monoisotopic (exact) mass is 564 g/mol. The number of hydrogen-bond donors (Lipinski definition) is 5. The molecule has 2 aromatic rings. The Morgan fingerprint density at radius 3 is 2.08 bits per heavy atom. The minimum Gasteiger partial charge on any atom is -0.406 e. The molecule has 0 spiro atoms. The van der Waals surface area contributed by atoms with Gasteiger partial charge in [-0.3, -0.25) is 14.8 Å². The standard InChI is InChI=1S/C28H35F3N4O5/c1-27(2,3)20-10-8-18(9-11-20)24(17-4-6-19(7-5-17)25(37)32-16-23(36)35-39)34-26(38)33-21-12-14-22(15-13-21)40-28(29,30)31/h4-7,12-15,18,20,24,39H,8-11,16H2,1-3H3,(H,32,37)(H,35,36)(H2,33,34,38)/t18-,20-,24?. The van der Waals surface area contributed by atoms with E-state index in [1.807, 2.05) is 0 Å². The molecule has 40 heavy (non-hydrogen) atoms. The van der Waals surface area contributed by atoms with Gasteiger partial charge in [0.05, 0.1) is 12.6 Å². The molecule has 1 unspecified atom stereocenters. The van der Waals surface area contributed by atoms with E-state index in [-0.39, 0.29) is 23.9 Å². The zero-order valence-corrected chi connectivity index (χ0v) is 22.6. The summed E-state index contributed by atoms with van der Waals surface area (Å²) < 4.78 is 41.2. The number of nitrogens with one attached hydrogen (secondary N) is 4. The van der Waals surface area contributed by atoms with Crippen LogP contribution >= 0.6 is 0 Å². The predicted octanol–water partition coefficient (Wildman–Crippen LogP) is 5.54. The summed E-state index contributed by atoms with van der Waals surface area (Å²) in [5, 5.41) is 16.6. The fourth-order valence-corrected chi connectivity index (χ4v) is 4.98. The van der Waals surface area contributed by atoms with Crippen molar-refractivity contribution in [2.75, 3.05) is 11.9 Å². The molecule has 0 saturated heterocycles. The Kier molecular flexibility index (Phi) is 10.0. The fourth-order valence-electron chi connectivity index (χ4n) is 4.98. The van der Waals surface area contributed by atoms with Crippen LogP contribution in [0.4, 0.5) is 23.7 Å². The molecule has 1 aliphatic rings. The van der Waals surface area contributed by atoms with Crippen molar-refractivity contribution in [3.8, 4) is 5.75 Å². The number of anilines is 1.